The molecule has 1 aromatic carbocycles. The van der Waals surface area contributed by atoms with E-state index >= 15 is 0 Å². The summed E-state index contributed by atoms with van der Waals surface area (Å²) in [5, 5.41) is 0. The normalized spacial score (nSPS) is 13.8. The second kappa shape index (κ2) is 7.50. The Bertz CT molecular complexity index is 351. The first-order valence-corrected chi connectivity index (χ1v) is 6.50. The number of hydrogen-bond acceptors (Lipinski definition) is 2. The lowest BCUT2D eigenvalue weighted by Gasteiger charge is -2.27. The molecular weight excluding hydrogens is 253 g/mol. The van der Waals surface area contributed by atoms with Crippen LogP contribution in [0.1, 0.15) is 24.8 Å². The Morgan fingerprint density at radius 2 is 1.84 bits per heavy atom. The van der Waals surface area contributed by atoms with Crippen LogP contribution < -0.4 is 5.73 Å². The number of benzene rings is 1. The highest BCUT2D eigenvalue weighted by Crippen LogP contribution is 2.21. The van der Waals surface area contributed by atoms with Crippen molar-refractivity contribution in [3.8, 4) is 0 Å². The molecule has 0 aromatic heterocycles. The maximum Gasteiger partial charge on any atom is 0.401 e. The van der Waals surface area contributed by atoms with Crippen LogP contribution in [0, 0.1) is 0 Å². The van der Waals surface area contributed by atoms with Crippen LogP contribution in [0.15, 0.2) is 30.3 Å². The number of rotatable bonds is 7. The summed E-state index contributed by atoms with van der Waals surface area (Å²) < 4.78 is 37.5. The summed E-state index contributed by atoms with van der Waals surface area (Å²) in [7, 11) is 0. The van der Waals surface area contributed by atoms with Gasteiger partial charge in [0, 0.05) is 19.0 Å². The molecule has 1 aromatic rings. The number of hydrogen-bond donors (Lipinski definition) is 1. The Morgan fingerprint density at radius 3 is 2.32 bits per heavy atom. The van der Waals surface area contributed by atoms with Crippen LogP contribution in [-0.2, 0) is 0 Å². The summed E-state index contributed by atoms with van der Waals surface area (Å²) in [5.74, 6) is -0.0601. The highest BCUT2D eigenvalue weighted by molar-refractivity contribution is 5.20. The quantitative estimate of drug-likeness (QED) is 0.828. The molecule has 5 heteroatoms. The van der Waals surface area contributed by atoms with E-state index in [4.69, 9.17) is 5.73 Å². The summed E-state index contributed by atoms with van der Waals surface area (Å²) >= 11 is 0. The fourth-order valence-electron chi connectivity index (χ4n) is 2.16. The van der Waals surface area contributed by atoms with Gasteiger partial charge >= 0.3 is 6.18 Å². The molecule has 0 heterocycles. The van der Waals surface area contributed by atoms with E-state index < -0.39 is 12.7 Å². The van der Waals surface area contributed by atoms with E-state index in [1.54, 1.807) is 0 Å². The van der Waals surface area contributed by atoms with Gasteiger partial charge in [0.1, 0.15) is 0 Å². The molecule has 0 aliphatic rings. The van der Waals surface area contributed by atoms with E-state index in [1.807, 2.05) is 37.3 Å². The van der Waals surface area contributed by atoms with Crippen LogP contribution in [0.25, 0.3) is 0 Å². The third-order valence-electron chi connectivity index (χ3n) is 2.98. The van der Waals surface area contributed by atoms with Crippen molar-refractivity contribution >= 4 is 0 Å². The SMILES string of the molecule is CCCN(CC(CN)c1ccccc1)CC(F)(F)F. The van der Waals surface area contributed by atoms with Crippen molar-refractivity contribution in [1.82, 2.24) is 4.90 Å². The van der Waals surface area contributed by atoms with E-state index in [0.717, 1.165) is 5.56 Å². The molecule has 2 N–H and O–H groups in total. The van der Waals surface area contributed by atoms with E-state index in [-0.39, 0.29) is 5.92 Å². The second-order valence-electron chi connectivity index (χ2n) is 4.69. The first kappa shape index (κ1) is 16.0. The molecule has 0 fully saturated rings. The first-order valence-electron chi connectivity index (χ1n) is 6.50. The molecule has 0 bridgehead atoms. The number of nitrogens with zero attached hydrogens (tertiary/aromatic N) is 1. The van der Waals surface area contributed by atoms with Gasteiger partial charge in [-0.05, 0) is 18.5 Å². The third-order valence-corrected chi connectivity index (χ3v) is 2.98. The molecule has 0 saturated carbocycles. The molecule has 0 amide bonds. The molecule has 1 rings (SSSR count). The van der Waals surface area contributed by atoms with Crippen molar-refractivity contribution in [2.75, 3.05) is 26.2 Å². The monoisotopic (exact) mass is 274 g/mol. The van der Waals surface area contributed by atoms with E-state index in [2.05, 4.69) is 0 Å². The average molecular weight is 274 g/mol. The molecule has 0 aliphatic heterocycles. The van der Waals surface area contributed by atoms with Crippen LogP contribution >= 0.6 is 0 Å². The first-order chi connectivity index (χ1) is 8.96. The van der Waals surface area contributed by atoms with Crippen LogP contribution in [0.2, 0.25) is 0 Å². The molecule has 0 spiro atoms. The van der Waals surface area contributed by atoms with Gasteiger partial charge in [-0.1, -0.05) is 37.3 Å². The van der Waals surface area contributed by atoms with Crippen LogP contribution in [-0.4, -0.2) is 37.3 Å². The van der Waals surface area contributed by atoms with Crippen molar-refractivity contribution in [3.63, 3.8) is 0 Å². The number of alkyl halides is 3. The summed E-state index contributed by atoms with van der Waals surface area (Å²) in [6.07, 6.45) is -3.47. The Morgan fingerprint density at radius 1 is 1.21 bits per heavy atom. The lowest BCUT2D eigenvalue weighted by molar-refractivity contribution is -0.146. The van der Waals surface area contributed by atoms with Gasteiger partial charge in [0.2, 0.25) is 0 Å². The van der Waals surface area contributed by atoms with E-state index in [0.29, 0.717) is 26.1 Å². The Balaban J connectivity index is 2.70. The summed E-state index contributed by atoms with van der Waals surface area (Å²) in [5.41, 5.74) is 6.70. The zero-order valence-electron chi connectivity index (χ0n) is 11.2. The van der Waals surface area contributed by atoms with Gasteiger partial charge in [-0.2, -0.15) is 13.2 Å². The largest absolute Gasteiger partial charge is 0.401 e. The fourth-order valence-corrected chi connectivity index (χ4v) is 2.16. The molecule has 1 unspecified atom stereocenters. The topological polar surface area (TPSA) is 29.3 Å². The molecule has 108 valence electrons. The molecule has 0 aliphatic carbocycles. The molecular formula is C14H21F3N2. The van der Waals surface area contributed by atoms with Crippen molar-refractivity contribution in [2.24, 2.45) is 5.73 Å². The molecule has 1 atom stereocenters. The zero-order valence-corrected chi connectivity index (χ0v) is 11.2. The highest BCUT2D eigenvalue weighted by atomic mass is 19.4. The maximum absolute atomic E-state index is 12.5. The zero-order chi connectivity index (χ0) is 14.3. The Kier molecular flexibility index (Phi) is 6.31. The van der Waals surface area contributed by atoms with E-state index in [1.165, 1.54) is 4.90 Å². The lowest BCUT2D eigenvalue weighted by atomic mass is 9.98. The minimum atomic E-state index is -4.16. The predicted octanol–water partition coefficient (Wildman–Crippen LogP) is 3.00. The van der Waals surface area contributed by atoms with E-state index in [9.17, 15) is 13.2 Å². The van der Waals surface area contributed by atoms with Crippen LogP contribution in [0.5, 0.6) is 0 Å². The summed E-state index contributed by atoms with van der Waals surface area (Å²) in [6.45, 7) is 2.13. The van der Waals surface area contributed by atoms with Gasteiger partial charge in [0.05, 0.1) is 6.54 Å². The van der Waals surface area contributed by atoms with Crippen molar-refractivity contribution in [3.05, 3.63) is 35.9 Å². The predicted molar refractivity (Wildman–Crippen MR) is 71.0 cm³/mol. The summed E-state index contributed by atoms with van der Waals surface area (Å²) in [4.78, 5) is 1.44. The van der Waals surface area contributed by atoms with Gasteiger partial charge < -0.3 is 5.73 Å². The molecule has 0 radical (unpaired) electrons. The maximum atomic E-state index is 12.5. The van der Waals surface area contributed by atoms with Crippen molar-refractivity contribution in [1.29, 1.82) is 0 Å². The number of halogens is 3. The van der Waals surface area contributed by atoms with Gasteiger partial charge in [-0.3, -0.25) is 4.90 Å². The van der Waals surface area contributed by atoms with Gasteiger partial charge in [-0.15, -0.1) is 0 Å². The van der Waals surface area contributed by atoms with Crippen LogP contribution in [0.4, 0.5) is 13.2 Å². The lowest BCUT2D eigenvalue weighted by Crippen LogP contribution is -2.39. The average Bonchev–Trinajstić information content (AvgIpc) is 2.35. The second-order valence-corrected chi connectivity index (χ2v) is 4.69. The Labute approximate surface area is 112 Å². The highest BCUT2D eigenvalue weighted by Gasteiger charge is 2.31. The van der Waals surface area contributed by atoms with Gasteiger partial charge in [0.25, 0.3) is 0 Å². The number of nitrogens with two attached hydrogens (primary N) is 1. The fraction of sp³-hybridized carbons (Fsp3) is 0.571. The summed E-state index contributed by atoms with van der Waals surface area (Å²) in [6, 6.07) is 9.47. The smallest absolute Gasteiger partial charge is 0.330 e. The standard InChI is InChI=1S/C14H21F3N2/c1-2-8-19(11-14(15,16)17)10-13(9-18)12-6-4-3-5-7-12/h3-7,13H,2,8-11,18H2,1H3. The minimum absolute atomic E-state index is 0.0601. The Hall–Kier alpha value is -1.07. The minimum Gasteiger partial charge on any atom is -0.330 e. The van der Waals surface area contributed by atoms with Crippen molar-refractivity contribution < 1.29 is 13.2 Å². The third kappa shape index (κ3) is 6.07. The van der Waals surface area contributed by atoms with Gasteiger partial charge in [0.15, 0.2) is 0 Å². The van der Waals surface area contributed by atoms with Gasteiger partial charge in [-0.25, -0.2) is 0 Å². The molecule has 0 saturated heterocycles. The molecule has 19 heavy (non-hydrogen) atoms. The van der Waals surface area contributed by atoms with Crippen molar-refractivity contribution in [2.45, 2.75) is 25.4 Å². The van der Waals surface area contributed by atoms with Crippen LogP contribution in [0.3, 0.4) is 0 Å². The molecule has 2 nitrogen and oxygen atoms in total.